The number of hydrogen-bond acceptors (Lipinski definition) is 6. The maximum absolute atomic E-state index is 14.6. The number of sulfonamides is 1. The lowest BCUT2D eigenvalue weighted by Crippen LogP contribution is -2.56. The van der Waals surface area contributed by atoms with Crippen molar-refractivity contribution in [2.24, 2.45) is 0 Å². The van der Waals surface area contributed by atoms with Crippen LogP contribution >= 0.6 is 0 Å². The molecule has 9 nitrogen and oxygen atoms in total. The summed E-state index contributed by atoms with van der Waals surface area (Å²) >= 11 is 0. The summed E-state index contributed by atoms with van der Waals surface area (Å²) < 4.78 is 54.0. The van der Waals surface area contributed by atoms with Crippen LogP contribution in [0.1, 0.15) is 38.8 Å². The van der Waals surface area contributed by atoms with Crippen molar-refractivity contribution in [3.63, 3.8) is 0 Å². The number of halogens is 1. The Bertz CT molecular complexity index is 1780. The van der Waals surface area contributed by atoms with Crippen molar-refractivity contribution in [2.75, 3.05) is 24.6 Å². The Kier molecular flexibility index (Phi) is 11.8. The maximum Gasteiger partial charge on any atom is 0.264 e. The first-order valence-electron chi connectivity index (χ1n) is 15.6. The van der Waals surface area contributed by atoms with Crippen LogP contribution in [-0.4, -0.2) is 57.0 Å². The average molecular weight is 676 g/mol. The summed E-state index contributed by atoms with van der Waals surface area (Å²) in [6, 6.07) is 26.1. The van der Waals surface area contributed by atoms with Gasteiger partial charge in [-0.05, 0) is 99.5 Å². The molecule has 4 rings (SSSR count). The van der Waals surface area contributed by atoms with Gasteiger partial charge in [-0.2, -0.15) is 0 Å². The molecule has 2 amide bonds. The van der Waals surface area contributed by atoms with Crippen LogP contribution in [0.5, 0.6) is 11.5 Å². The molecule has 4 aromatic rings. The number of hydrogen-bond donors (Lipinski definition) is 1. The second kappa shape index (κ2) is 15.8. The number of carbonyl (C=O) groups is 2. The molecule has 0 aromatic heterocycles. The molecule has 11 heteroatoms. The first kappa shape index (κ1) is 35.9. The third-order valence-electron chi connectivity index (χ3n) is 7.37. The summed E-state index contributed by atoms with van der Waals surface area (Å²) in [5.41, 5.74) is 1.07. The number of methoxy groups -OCH3 is 1. The van der Waals surface area contributed by atoms with Gasteiger partial charge in [-0.3, -0.25) is 13.9 Å². The van der Waals surface area contributed by atoms with Crippen molar-refractivity contribution < 1.29 is 31.9 Å². The number of carbonyl (C=O) groups excluding carboxylic acids is 2. The zero-order valence-corrected chi connectivity index (χ0v) is 28.7. The highest BCUT2D eigenvalue weighted by molar-refractivity contribution is 7.92. The van der Waals surface area contributed by atoms with E-state index < -0.39 is 45.8 Å². The van der Waals surface area contributed by atoms with E-state index in [0.29, 0.717) is 23.7 Å². The first-order valence-corrected chi connectivity index (χ1v) is 17.0. The summed E-state index contributed by atoms with van der Waals surface area (Å²) in [5.74, 6) is -0.531. The van der Waals surface area contributed by atoms with Gasteiger partial charge in [-0.15, -0.1) is 0 Å². The Morgan fingerprint density at radius 2 is 1.50 bits per heavy atom. The molecule has 1 atom stereocenters. The van der Waals surface area contributed by atoms with E-state index in [4.69, 9.17) is 9.47 Å². The second-order valence-electron chi connectivity index (χ2n) is 12.2. The van der Waals surface area contributed by atoms with E-state index in [1.807, 2.05) is 64.1 Å². The molecule has 0 spiro atoms. The van der Waals surface area contributed by atoms with Crippen LogP contribution in [0.4, 0.5) is 10.1 Å². The van der Waals surface area contributed by atoms with Crippen molar-refractivity contribution in [2.45, 2.75) is 57.1 Å². The zero-order chi connectivity index (χ0) is 34.9. The largest absolute Gasteiger partial charge is 0.497 e. The number of amides is 2. The molecule has 0 bridgehead atoms. The van der Waals surface area contributed by atoms with E-state index in [0.717, 1.165) is 34.1 Å². The molecule has 0 aliphatic rings. The minimum absolute atomic E-state index is 0.0151. The number of nitrogens with one attached hydrogen (secondary N) is 1. The van der Waals surface area contributed by atoms with Gasteiger partial charge in [0.2, 0.25) is 11.8 Å². The van der Waals surface area contributed by atoms with Crippen LogP contribution in [0.15, 0.2) is 108 Å². The fourth-order valence-corrected chi connectivity index (χ4v) is 6.53. The van der Waals surface area contributed by atoms with Gasteiger partial charge in [0.25, 0.3) is 10.0 Å². The highest BCUT2D eigenvalue weighted by Crippen LogP contribution is 2.27. The van der Waals surface area contributed by atoms with Gasteiger partial charge in [-0.25, -0.2) is 12.8 Å². The van der Waals surface area contributed by atoms with Crippen molar-refractivity contribution >= 4 is 27.5 Å². The molecule has 4 aromatic carbocycles. The predicted molar refractivity (Wildman–Crippen MR) is 184 cm³/mol. The highest BCUT2D eigenvalue weighted by Gasteiger charge is 2.35. The van der Waals surface area contributed by atoms with Crippen LogP contribution < -0.4 is 19.1 Å². The van der Waals surface area contributed by atoms with Gasteiger partial charge < -0.3 is 19.7 Å². The minimum Gasteiger partial charge on any atom is -0.497 e. The van der Waals surface area contributed by atoms with Crippen molar-refractivity contribution in [1.29, 1.82) is 0 Å². The molecule has 1 unspecified atom stereocenters. The molecule has 0 heterocycles. The van der Waals surface area contributed by atoms with Gasteiger partial charge in [0.05, 0.1) is 24.3 Å². The molecular formula is C37H42FN3O6S. The quantitative estimate of drug-likeness (QED) is 0.176. The monoisotopic (exact) mass is 675 g/mol. The number of nitrogens with zero attached hydrogens (tertiary/aromatic N) is 2. The smallest absolute Gasteiger partial charge is 0.264 e. The third-order valence-corrected chi connectivity index (χ3v) is 9.16. The fraction of sp³-hybridized carbons (Fsp3) is 0.297. The molecule has 48 heavy (non-hydrogen) atoms. The van der Waals surface area contributed by atoms with Gasteiger partial charge in [-0.1, -0.05) is 42.5 Å². The van der Waals surface area contributed by atoms with Crippen molar-refractivity contribution in [3.8, 4) is 11.5 Å². The lowest BCUT2D eigenvalue weighted by molar-refractivity contribution is -0.140. The second-order valence-corrected chi connectivity index (χ2v) is 14.1. The Balaban J connectivity index is 1.83. The molecule has 254 valence electrons. The van der Waals surface area contributed by atoms with Crippen LogP contribution in [0, 0.1) is 5.82 Å². The normalized spacial score (nSPS) is 12.1. The van der Waals surface area contributed by atoms with E-state index in [1.54, 1.807) is 42.5 Å². The Morgan fingerprint density at radius 3 is 2.10 bits per heavy atom. The number of anilines is 1. The Hall–Kier alpha value is -4.90. The van der Waals surface area contributed by atoms with Crippen LogP contribution in [0.3, 0.4) is 0 Å². The predicted octanol–water partition coefficient (Wildman–Crippen LogP) is 5.98. The van der Waals surface area contributed by atoms with E-state index in [9.17, 15) is 22.4 Å². The van der Waals surface area contributed by atoms with Gasteiger partial charge in [0.1, 0.15) is 29.9 Å². The molecule has 0 fully saturated rings. The van der Waals surface area contributed by atoms with E-state index >= 15 is 0 Å². The fourth-order valence-electron chi connectivity index (χ4n) is 5.11. The summed E-state index contributed by atoms with van der Waals surface area (Å²) in [6.07, 6.45) is 0.173. The number of rotatable bonds is 14. The molecule has 0 aliphatic carbocycles. The third kappa shape index (κ3) is 9.57. The Labute approximate surface area is 282 Å². The number of benzene rings is 4. The van der Waals surface area contributed by atoms with Crippen LogP contribution in [-0.2, 0) is 32.6 Å². The molecule has 0 saturated carbocycles. The molecule has 0 radical (unpaired) electrons. The zero-order valence-electron chi connectivity index (χ0n) is 27.9. The summed E-state index contributed by atoms with van der Waals surface area (Å²) in [7, 11) is -2.85. The van der Waals surface area contributed by atoms with Crippen molar-refractivity contribution in [3.05, 3.63) is 120 Å². The topological polar surface area (TPSA) is 105 Å². The SMILES string of the molecule is CCOc1ccc(N(CC(=O)N(Cc2cccc(OC)c2)C(Cc2ccccc2)C(=O)NC(C)(C)C)S(=O)(=O)c2ccc(F)cc2)cc1. The highest BCUT2D eigenvalue weighted by atomic mass is 32.2. The molecular weight excluding hydrogens is 633 g/mol. The van der Waals surface area contributed by atoms with E-state index in [-0.39, 0.29) is 23.5 Å². The number of ether oxygens (including phenoxy) is 2. The molecule has 1 N–H and O–H groups in total. The van der Waals surface area contributed by atoms with Gasteiger partial charge in [0, 0.05) is 18.5 Å². The minimum atomic E-state index is -4.38. The molecule has 0 saturated heterocycles. The standard InChI is InChI=1S/C37H42FN3O6S/c1-6-47-31-19-17-30(18-20-31)41(48(44,45)33-21-15-29(38)16-22-33)26-35(42)40(25-28-13-10-14-32(23-28)46-5)34(36(43)39-37(2,3)4)24-27-11-8-7-9-12-27/h7-23,34H,6,24-26H2,1-5H3,(H,39,43). The maximum atomic E-state index is 14.6. The van der Waals surface area contributed by atoms with Crippen LogP contribution in [0.25, 0.3) is 0 Å². The lowest BCUT2D eigenvalue weighted by atomic mass is 10.0. The average Bonchev–Trinajstić information content (AvgIpc) is 3.05. The summed E-state index contributed by atoms with van der Waals surface area (Å²) in [5, 5.41) is 3.01. The van der Waals surface area contributed by atoms with E-state index in [1.165, 1.54) is 12.0 Å². The van der Waals surface area contributed by atoms with Gasteiger partial charge >= 0.3 is 0 Å². The van der Waals surface area contributed by atoms with E-state index in [2.05, 4.69) is 5.32 Å². The van der Waals surface area contributed by atoms with Crippen LogP contribution in [0.2, 0.25) is 0 Å². The summed E-state index contributed by atoms with van der Waals surface area (Å²) in [6.45, 7) is 7.12. The van der Waals surface area contributed by atoms with Crippen molar-refractivity contribution in [1.82, 2.24) is 10.2 Å². The first-order chi connectivity index (χ1) is 22.8. The lowest BCUT2D eigenvalue weighted by Gasteiger charge is -2.35. The Morgan fingerprint density at radius 1 is 0.854 bits per heavy atom. The molecule has 0 aliphatic heterocycles. The summed E-state index contributed by atoms with van der Waals surface area (Å²) in [4.78, 5) is 29.8. The van der Waals surface area contributed by atoms with Gasteiger partial charge in [0.15, 0.2) is 0 Å².